The zero-order valence-electron chi connectivity index (χ0n) is 28.5. The van der Waals surface area contributed by atoms with E-state index in [1.807, 2.05) is 115 Å². The minimum atomic E-state index is -1.29. The highest BCUT2D eigenvalue weighted by Gasteiger charge is 2.29. The molecule has 10 heteroatoms. The molecule has 1 heterocycles. The Bertz CT molecular complexity index is 1690. The summed E-state index contributed by atoms with van der Waals surface area (Å²) in [5.74, 6) is 0.946. The highest BCUT2D eigenvalue weighted by molar-refractivity contribution is 7.90. The predicted octanol–water partition coefficient (Wildman–Crippen LogP) is 7.92. The van der Waals surface area contributed by atoms with Crippen molar-refractivity contribution in [1.29, 1.82) is 0 Å². The van der Waals surface area contributed by atoms with Gasteiger partial charge in [-0.15, -0.1) is 4.72 Å². The van der Waals surface area contributed by atoms with Gasteiger partial charge in [-0.1, -0.05) is 36.4 Å². The lowest BCUT2D eigenvalue weighted by Gasteiger charge is -2.25. The Morgan fingerprint density at radius 3 is 2.40 bits per heavy atom. The summed E-state index contributed by atoms with van der Waals surface area (Å²) >= 11 is -1.29. The van der Waals surface area contributed by atoms with Crippen molar-refractivity contribution in [2.75, 3.05) is 6.61 Å². The number of benzene rings is 3. The number of furan rings is 1. The van der Waals surface area contributed by atoms with E-state index in [-0.39, 0.29) is 31.6 Å². The molecule has 0 aliphatic heterocycles. The number of carbonyl (C=O) groups excluding carboxylic acids is 2. The smallest absolute Gasteiger partial charge is 0.407 e. The normalized spacial score (nSPS) is 13.2. The SMILES string of the molecule is CCOC(=O)Cc1ccccc1OCc1cc(-c2cccc(CNC(=O)OC(C)(C)C)c2)c2oc([C@H](C)N[S@@+]([O-])C(C)(C)C)cc2c1. The predicted molar refractivity (Wildman–Crippen MR) is 185 cm³/mol. The van der Waals surface area contributed by atoms with Crippen LogP contribution in [0.15, 0.2) is 71.1 Å². The first-order valence-electron chi connectivity index (χ1n) is 15.8. The number of hydrogen-bond acceptors (Lipinski definition) is 8. The van der Waals surface area contributed by atoms with Gasteiger partial charge >= 0.3 is 12.1 Å². The first-order chi connectivity index (χ1) is 22.1. The molecule has 0 aliphatic carbocycles. The van der Waals surface area contributed by atoms with Gasteiger partial charge in [0.2, 0.25) is 0 Å². The summed E-state index contributed by atoms with van der Waals surface area (Å²) < 4.78 is 38.8. The standard InChI is InChI=1S/C37H46N2O7S/c1-9-43-33(40)21-28-14-10-11-16-31(28)44-23-26-18-29-20-32(24(2)39-47(42)37(6,7)8)45-34(29)30(19-26)27-15-12-13-25(17-27)22-38-35(41)46-36(3,4)5/h10-20,24,39H,9,21-23H2,1-8H3,(H,38,41)/t24-,47-/m0/s1. The molecule has 252 valence electrons. The molecule has 47 heavy (non-hydrogen) atoms. The molecule has 2 atom stereocenters. The Hall–Kier alpha value is -3.99. The highest BCUT2D eigenvalue weighted by atomic mass is 32.2. The highest BCUT2D eigenvalue weighted by Crippen LogP contribution is 2.36. The van der Waals surface area contributed by atoms with E-state index in [1.54, 1.807) is 6.92 Å². The average molecular weight is 663 g/mol. The Labute approximate surface area is 280 Å². The molecule has 0 spiro atoms. The molecule has 4 rings (SSSR count). The minimum Gasteiger partial charge on any atom is -0.598 e. The van der Waals surface area contributed by atoms with Crippen LogP contribution in [-0.4, -0.2) is 33.6 Å². The summed E-state index contributed by atoms with van der Waals surface area (Å²) in [6.45, 7) is 15.8. The molecule has 0 bridgehead atoms. The van der Waals surface area contributed by atoms with Gasteiger partial charge in [0.1, 0.15) is 40.1 Å². The number of fused-ring (bicyclic) bond motifs is 1. The molecule has 1 aromatic heterocycles. The van der Waals surface area contributed by atoms with Crippen LogP contribution >= 0.6 is 0 Å². The Morgan fingerprint density at radius 1 is 0.957 bits per heavy atom. The molecule has 9 nitrogen and oxygen atoms in total. The summed E-state index contributed by atoms with van der Waals surface area (Å²) in [6.07, 6.45) is -0.373. The fraction of sp³-hybridized carbons (Fsp3) is 0.405. The second-order valence-electron chi connectivity index (χ2n) is 13.4. The van der Waals surface area contributed by atoms with Gasteiger partial charge < -0.3 is 28.5 Å². The molecule has 3 aromatic carbocycles. The van der Waals surface area contributed by atoms with E-state index >= 15 is 0 Å². The monoisotopic (exact) mass is 662 g/mol. The maximum atomic E-state index is 12.9. The number of nitrogens with one attached hydrogen (secondary N) is 2. The fourth-order valence-corrected chi connectivity index (χ4v) is 5.59. The quantitative estimate of drug-likeness (QED) is 0.116. The van der Waals surface area contributed by atoms with Crippen LogP contribution in [0, 0.1) is 0 Å². The van der Waals surface area contributed by atoms with Crippen LogP contribution < -0.4 is 14.8 Å². The van der Waals surface area contributed by atoms with Gasteiger partial charge in [0.05, 0.1) is 13.0 Å². The zero-order chi connectivity index (χ0) is 34.4. The van der Waals surface area contributed by atoms with Crippen molar-refractivity contribution in [3.05, 3.63) is 89.2 Å². The summed E-state index contributed by atoms with van der Waals surface area (Å²) in [6, 6.07) is 21.0. The summed E-state index contributed by atoms with van der Waals surface area (Å²) in [5.41, 5.74) is 4.34. The van der Waals surface area contributed by atoms with Gasteiger partial charge in [-0.25, -0.2) is 4.79 Å². The molecule has 4 aromatic rings. The molecule has 0 radical (unpaired) electrons. The number of rotatable bonds is 12. The number of amides is 1. The second kappa shape index (κ2) is 15.3. The lowest BCUT2D eigenvalue weighted by molar-refractivity contribution is -0.142. The van der Waals surface area contributed by atoms with E-state index in [0.717, 1.165) is 33.2 Å². The van der Waals surface area contributed by atoms with E-state index in [2.05, 4.69) is 10.0 Å². The van der Waals surface area contributed by atoms with E-state index in [9.17, 15) is 14.1 Å². The van der Waals surface area contributed by atoms with Crippen molar-refractivity contribution in [3.8, 4) is 16.9 Å². The number of ether oxygens (including phenoxy) is 3. The molecular formula is C37H46N2O7S. The van der Waals surface area contributed by atoms with Crippen LogP contribution in [0.4, 0.5) is 4.79 Å². The Morgan fingerprint density at radius 2 is 1.70 bits per heavy atom. The molecule has 0 saturated heterocycles. The lowest BCUT2D eigenvalue weighted by atomic mass is 9.98. The molecular weight excluding hydrogens is 616 g/mol. The molecule has 0 unspecified atom stereocenters. The van der Waals surface area contributed by atoms with Crippen LogP contribution in [0.25, 0.3) is 22.1 Å². The largest absolute Gasteiger partial charge is 0.598 e. The number of alkyl carbamates (subject to hydrolysis) is 1. The minimum absolute atomic E-state index is 0.115. The Kier molecular flexibility index (Phi) is 11.7. The zero-order valence-corrected chi connectivity index (χ0v) is 29.3. The molecule has 2 N–H and O–H groups in total. The van der Waals surface area contributed by atoms with Gasteiger partial charge in [0.15, 0.2) is 0 Å². The summed E-state index contributed by atoms with van der Waals surface area (Å²) in [4.78, 5) is 24.5. The van der Waals surface area contributed by atoms with Crippen LogP contribution in [-0.2, 0) is 45.2 Å². The fourth-order valence-electron chi connectivity index (χ4n) is 4.80. The van der Waals surface area contributed by atoms with Crippen LogP contribution in [0.3, 0.4) is 0 Å². The van der Waals surface area contributed by atoms with Gasteiger partial charge in [-0.05, 0) is 102 Å². The van der Waals surface area contributed by atoms with Crippen LogP contribution in [0.2, 0.25) is 0 Å². The number of esters is 1. The first-order valence-corrected chi connectivity index (χ1v) is 16.9. The van der Waals surface area contributed by atoms with Gasteiger partial charge in [-0.3, -0.25) is 4.79 Å². The van der Waals surface area contributed by atoms with Crippen molar-refractivity contribution >= 4 is 34.4 Å². The van der Waals surface area contributed by atoms with Gasteiger partial charge in [0.25, 0.3) is 0 Å². The molecule has 1 amide bonds. The number of carbonyl (C=O) groups is 2. The molecule has 0 fully saturated rings. The van der Waals surface area contributed by atoms with E-state index < -0.39 is 27.8 Å². The third-order valence-corrected chi connectivity index (χ3v) is 8.72. The van der Waals surface area contributed by atoms with Crippen molar-refractivity contribution in [2.24, 2.45) is 0 Å². The maximum Gasteiger partial charge on any atom is 0.407 e. The number of hydrogen-bond donors (Lipinski definition) is 2. The second-order valence-corrected chi connectivity index (χ2v) is 15.4. The van der Waals surface area contributed by atoms with Crippen molar-refractivity contribution in [2.45, 2.75) is 91.4 Å². The van der Waals surface area contributed by atoms with Gasteiger partial charge in [0, 0.05) is 34.4 Å². The van der Waals surface area contributed by atoms with E-state index in [4.69, 9.17) is 18.6 Å². The van der Waals surface area contributed by atoms with Crippen molar-refractivity contribution in [3.63, 3.8) is 0 Å². The summed E-state index contributed by atoms with van der Waals surface area (Å²) in [5, 5.41) is 3.69. The Balaban J connectivity index is 1.67. The number of para-hydroxylation sites is 1. The summed E-state index contributed by atoms with van der Waals surface area (Å²) in [7, 11) is 0. The van der Waals surface area contributed by atoms with Crippen LogP contribution in [0.1, 0.15) is 83.9 Å². The molecule has 0 aliphatic rings. The topological polar surface area (TPSA) is 122 Å². The average Bonchev–Trinajstić information content (AvgIpc) is 3.43. The van der Waals surface area contributed by atoms with E-state index in [1.165, 1.54) is 0 Å². The third kappa shape index (κ3) is 10.2. The van der Waals surface area contributed by atoms with Crippen LogP contribution in [0.5, 0.6) is 5.75 Å². The molecule has 0 saturated carbocycles. The third-order valence-electron chi connectivity index (χ3n) is 7.04. The van der Waals surface area contributed by atoms with E-state index in [0.29, 0.717) is 23.7 Å². The van der Waals surface area contributed by atoms with Crippen molar-refractivity contribution < 1.29 is 32.8 Å². The lowest BCUT2D eigenvalue weighted by Crippen LogP contribution is -2.40. The maximum absolute atomic E-state index is 12.9. The van der Waals surface area contributed by atoms with Gasteiger partial charge in [-0.2, -0.15) is 0 Å². The first kappa shape index (κ1) is 35.9. The van der Waals surface area contributed by atoms with Crippen molar-refractivity contribution in [1.82, 2.24) is 10.0 Å².